The van der Waals surface area contributed by atoms with Crippen molar-refractivity contribution in [2.24, 2.45) is 0 Å². The van der Waals surface area contributed by atoms with Crippen LogP contribution in [0.25, 0.3) is 0 Å². The summed E-state index contributed by atoms with van der Waals surface area (Å²) in [4.78, 5) is 12.3. The molecule has 3 aromatic rings. The number of carbonyl (C=O) groups excluding carboxylic acids is 1. The summed E-state index contributed by atoms with van der Waals surface area (Å²) < 4.78 is 69.8. The Morgan fingerprint density at radius 3 is 1.88 bits per heavy atom. The summed E-state index contributed by atoms with van der Waals surface area (Å²) in [6.07, 6.45) is -4.78. The van der Waals surface area contributed by atoms with E-state index >= 15 is 0 Å². The Bertz CT molecular complexity index is 1190. The third-order valence-electron chi connectivity index (χ3n) is 5.78. The lowest BCUT2D eigenvalue weighted by atomic mass is 9.81. The molecule has 1 aliphatic heterocycles. The third kappa shape index (κ3) is 5.31. The van der Waals surface area contributed by atoms with Crippen LogP contribution >= 0.6 is 0 Å². The van der Waals surface area contributed by atoms with E-state index in [1.165, 1.54) is 4.31 Å². The Kier molecular flexibility index (Phi) is 6.77. The quantitative estimate of drug-likeness (QED) is 0.481. The number of hydrogen-bond acceptors (Lipinski definition) is 4. The molecule has 1 atom stereocenters. The zero-order chi connectivity index (χ0) is 24.3. The van der Waals surface area contributed by atoms with E-state index in [1.54, 1.807) is 0 Å². The number of halogens is 3. The first-order chi connectivity index (χ1) is 16.1. The van der Waals surface area contributed by atoms with E-state index in [2.05, 4.69) is 4.74 Å². The zero-order valence-corrected chi connectivity index (χ0v) is 18.8. The van der Waals surface area contributed by atoms with Gasteiger partial charge < -0.3 is 4.74 Å². The molecule has 178 valence electrons. The molecular formula is C25H22F3NO4S. The summed E-state index contributed by atoms with van der Waals surface area (Å²) in [7, 11) is -4.11. The predicted molar refractivity (Wildman–Crippen MR) is 120 cm³/mol. The number of sulfonamides is 1. The van der Waals surface area contributed by atoms with Gasteiger partial charge in [0.25, 0.3) is 0 Å². The predicted octanol–water partition coefficient (Wildman–Crippen LogP) is 5.14. The minimum atomic E-state index is -4.88. The molecule has 4 rings (SSSR count). The standard InChI is InChI=1S/C25H22F3NO4S/c26-25(27,28)33-21-11-13-22(14-12-21)34(31,32)29-16-15-20(30)17-23(29)24(18-7-3-1-4-8-18)19-9-5-2-6-10-19/h1-14,23-24H,15-17H2. The second-order valence-corrected chi connectivity index (χ2v) is 9.88. The van der Waals surface area contributed by atoms with E-state index in [9.17, 15) is 26.4 Å². The Morgan fingerprint density at radius 2 is 1.38 bits per heavy atom. The maximum Gasteiger partial charge on any atom is 0.573 e. The molecule has 1 fully saturated rings. The summed E-state index contributed by atoms with van der Waals surface area (Å²) in [5.74, 6) is -0.959. The van der Waals surface area contributed by atoms with Crippen LogP contribution in [-0.2, 0) is 14.8 Å². The van der Waals surface area contributed by atoms with Gasteiger partial charge in [0.1, 0.15) is 11.5 Å². The van der Waals surface area contributed by atoms with Gasteiger partial charge in [0.15, 0.2) is 0 Å². The van der Waals surface area contributed by atoms with E-state index in [4.69, 9.17) is 0 Å². The largest absolute Gasteiger partial charge is 0.573 e. The van der Waals surface area contributed by atoms with E-state index in [0.717, 1.165) is 35.4 Å². The highest BCUT2D eigenvalue weighted by molar-refractivity contribution is 7.89. The molecule has 5 nitrogen and oxygen atoms in total. The van der Waals surface area contributed by atoms with Crippen molar-refractivity contribution >= 4 is 15.8 Å². The van der Waals surface area contributed by atoms with Gasteiger partial charge >= 0.3 is 6.36 Å². The van der Waals surface area contributed by atoms with Crippen LogP contribution in [0.4, 0.5) is 13.2 Å². The Hall–Kier alpha value is -3.17. The minimum Gasteiger partial charge on any atom is -0.406 e. The molecule has 9 heteroatoms. The molecule has 1 unspecified atom stereocenters. The van der Waals surface area contributed by atoms with E-state index < -0.39 is 34.1 Å². The highest BCUT2D eigenvalue weighted by Gasteiger charge is 2.41. The fourth-order valence-electron chi connectivity index (χ4n) is 4.33. The topological polar surface area (TPSA) is 63.7 Å². The maximum atomic E-state index is 13.6. The van der Waals surface area contributed by atoms with Crippen molar-refractivity contribution in [3.8, 4) is 5.75 Å². The Labute approximate surface area is 195 Å². The van der Waals surface area contributed by atoms with Gasteiger partial charge in [-0.1, -0.05) is 60.7 Å². The molecule has 1 heterocycles. The molecule has 34 heavy (non-hydrogen) atoms. The lowest BCUT2D eigenvalue weighted by Crippen LogP contribution is -2.49. The van der Waals surface area contributed by atoms with Crippen LogP contribution in [0.5, 0.6) is 5.75 Å². The van der Waals surface area contributed by atoms with Crippen LogP contribution in [0, 0.1) is 0 Å². The van der Waals surface area contributed by atoms with Gasteiger partial charge in [-0.15, -0.1) is 13.2 Å². The number of piperidine rings is 1. The summed E-state index contributed by atoms with van der Waals surface area (Å²) in [6.45, 7) is -0.0111. The van der Waals surface area contributed by atoms with Gasteiger partial charge in [-0.3, -0.25) is 4.79 Å². The first-order valence-electron chi connectivity index (χ1n) is 10.6. The van der Waals surface area contributed by atoms with Gasteiger partial charge in [0, 0.05) is 31.3 Å². The highest BCUT2D eigenvalue weighted by Crippen LogP contribution is 2.38. The third-order valence-corrected chi connectivity index (χ3v) is 7.72. The van der Waals surface area contributed by atoms with Crippen LogP contribution < -0.4 is 4.74 Å². The Balaban J connectivity index is 1.74. The van der Waals surface area contributed by atoms with Crippen molar-refractivity contribution in [1.82, 2.24) is 4.31 Å². The van der Waals surface area contributed by atoms with Gasteiger partial charge in [-0.05, 0) is 35.4 Å². The number of benzene rings is 3. The molecular weight excluding hydrogens is 467 g/mol. The van der Waals surface area contributed by atoms with Crippen LogP contribution in [0.3, 0.4) is 0 Å². The molecule has 1 saturated heterocycles. The van der Waals surface area contributed by atoms with Crippen molar-refractivity contribution in [2.75, 3.05) is 6.54 Å². The van der Waals surface area contributed by atoms with Crippen molar-refractivity contribution in [1.29, 1.82) is 0 Å². The normalized spacial score (nSPS) is 17.6. The molecule has 0 aromatic heterocycles. The molecule has 0 amide bonds. The monoisotopic (exact) mass is 489 g/mol. The summed E-state index contributed by atoms with van der Waals surface area (Å²) in [5.41, 5.74) is 1.73. The fourth-order valence-corrected chi connectivity index (χ4v) is 5.96. The number of Topliss-reactive ketones (excluding diaryl/α,β-unsaturated/α-hetero) is 1. The lowest BCUT2D eigenvalue weighted by molar-refractivity contribution is -0.274. The number of hydrogen-bond donors (Lipinski definition) is 0. The van der Waals surface area contributed by atoms with Crippen molar-refractivity contribution in [2.45, 2.75) is 36.1 Å². The van der Waals surface area contributed by atoms with Crippen LogP contribution in [0.15, 0.2) is 89.8 Å². The SMILES string of the molecule is O=C1CCN(S(=O)(=O)c2ccc(OC(F)(F)F)cc2)C(C(c2ccccc2)c2ccccc2)C1. The molecule has 0 aliphatic carbocycles. The minimum absolute atomic E-state index is 0.0111. The van der Waals surface area contributed by atoms with Crippen molar-refractivity contribution < 1.29 is 31.1 Å². The number of rotatable bonds is 6. The van der Waals surface area contributed by atoms with Crippen molar-refractivity contribution in [3.05, 3.63) is 96.1 Å². The zero-order valence-electron chi connectivity index (χ0n) is 18.0. The average Bonchev–Trinajstić information content (AvgIpc) is 2.80. The molecule has 0 saturated carbocycles. The summed E-state index contributed by atoms with van der Waals surface area (Å²) in [5, 5.41) is 0. The van der Waals surface area contributed by atoms with E-state index in [0.29, 0.717) is 0 Å². The number of carbonyl (C=O) groups is 1. The summed E-state index contributed by atoms with van der Waals surface area (Å²) in [6, 6.07) is 22.1. The van der Waals surface area contributed by atoms with Gasteiger partial charge in [-0.2, -0.15) is 4.31 Å². The first-order valence-corrected chi connectivity index (χ1v) is 12.1. The number of nitrogens with zero attached hydrogens (tertiary/aromatic N) is 1. The van der Waals surface area contributed by atoms with Gasteiger partial charge in [-0.25, -0.2) is 8.42 Å². The van der Waals surface area contributed by atoms with Crippen LogP contribution in [0.2, 0.25) is 0 Å². The highest BCUT2D eigenvalue weighted by atomic mass is 32.2. The fraction of sp³-hybridized carbons (Fsp3) is 0.240. The lowest BCUT2D eigenvalue weighted by Gasteiger charge is -2.39. The number of alkyl halides is 3. The summed E-state index contributed by atoms with van der Waals surface area (Å²) >= 11 is 0. The number of ether oxygens (including phenoxy) is 1. The average molecular weight is 490 g/mol. The molecule has 1 aliphatic rings. The van der Waals surface area contributed by atoms with Crippen LogP contribution in [0.1, 0.15) is 29.9 Å². The van der Waals surface area contributed by atoms with E-state index in [1.807, 2.05) is 60.7 Å². The smallest absolute Gasteiger partial charge is 0.406 e. The number of ketones is 1. The molecule has 0 radical (unpaired) electrons. The van der Waals surface area contributed by atoms with Crippen LogP contribution in [-0.4, -0.2) is 37.5 Å². The van der Waals surface area contributed by atoms with Gasteiger partial charge in [0.05, 0.1) is 4.90 Å². The maximum absolute atomic E-state index is 13.6. The first kappa shape index (κ1) is 24.0. The van der Waals surface area contributed by atoms with Gasteiger partial charge in [0.2, 0.25) is 10.0 Å². The second-order valence-electron chi connectivity index (χ2n) is 7.99. The molecule has 0 N–H and O–H groups in total. The van der Waals surface area contributed by atoms with Crippen molar-refractivity contribution in [3.63, 3.8) is 0 Å². The second kappa shape index (κ2) is 9.60. The Morgan fingerprint density at radius 1 is 0.853 bits per heavy atom. The molecule has 0 spiro atoms. The molecule has 0 bridgehead atoms. The van der Waals surface area contributed by atoms with E-state index in [-0.39, 0.29) is 30.1 Å². The molecule has 3 aromatic carbocycles.